The second kappa shape index (κ2) is 9.80. The van der Waals surface area contributed by atoms with Crippen LogP contribution in [0.25, 0.3) is 27.7 Å². The van der Waals surface area contributed by atoms with Crippen molar-refractivity contribution in [3.05, 3.63) is 117 Å². The Labute approximate surface area is 220 Å². The molecule has 1 heterocycles. The van der Waals surface area contributed by atoms with Gasteiger partial charge in [0.05, 0.1) is 11.3 Å². The predicted octanol–water partition coefficient (Wildman–Crippen LogP) is 8.44. The molecule has 0 aliphatic carbocycles. The lowest BCUT2D eigenvalue weighted by Gasteiger charge is -2.17. The molecule has 0 aliphatic heterocycles. The van der Waals surface area contributed by atoms with E-state index < -0.39 is 5.97 Å². The summed E-state index contributed by atoms with van der Waals surface area (Å²) in [5.74, 6) is -0.834. The van der Waals surface area contributed by atoms with Crippen molar-refractivity contribution >= 4 is 44.3 Å². The number of nitrogens with zero attached hydrogens (tertiary/aromatic N) is 1. The van der Waals surface area contributed by atoms with Crippen LogP contribution in [0.2, 0.25) is 5.02 Å². The number of fused-ring (bicyclic) bond motifs is 1. The molecular weight excluding hydrogens is 545 g/mol. The molecule has 180 valence electrons. The van der Waals surface area contributed by atoms with Gasteiger partial charge in [-0.15, -0.1) is 0 Å². The smallest absolute Gasteiger partial charge is 0.336 e. The summed E-state index contributed by atoms with van der Waals surface area (Å²) in [5, 5.41) is 11.9. The molecule has 36 heavy (non-hydrogen) atoms. The molecule has 0 saturated carbocycles. The highest BCUT2D eigenvalue weighted by atomic mass is 79.9. The van der Waals surface area contributed by atoms with Crippen LogP contribution in [0.1, 0.15) is 21.6 Å². The quantitative estimate of drug-likeness (QED) is 0.225. The molecule has 0 fully saturated rings. The van der Waals surface area contributed by atoms with Crippen molar-refractivity contribution in [3.63, 3.8) is 0 Å². The van der Waals surface area contributed by atoms with Crippen LogP contribution in [0.3, 0.4) is 0 Å². The fourth-order valence-corrected chi connectivity index (χ4v) is 4.82. The summed E-state index contributed by atoms with van der Waals surface area (Å²) in [5.41, 5.74) is 3.72. The average molecular weight is 565 g/mol. The number of benzene rings is 4. The lowest BCUT2D eigenvalue weighted by Crippen LogP contribution is -2.05. The number of rotatable bonds is 6. The number of aromatic carboxylic acids is 1. The maximum absolute atomic E-state index is 14.4. The van der Waals surface area contributed by atoms with Gasteiger partial charge >= 0.3 is 5.97 Å². The van der Waals surface area contributed by atoms with Crippen molar-refractivity contribution in [2.45, 2.75) is 13.5 Å². The molecule has 0 saturated heterocycles. The summed E-state index contributed by atoms with van der Waals surface area (Å²) in [7, 11) is 0. The third-order valence-electron chi connectivity index (χ3n) is 6.03. The van der Waals surface area contributed by atoms with E-state index >= 15 is 0 Å². The predicted molar refractivity (Wildman–Crippen MR) is 144 cm³/mol. The number of aryl methyl sites for hydroxylation is 1. The van der Waals surface area contributed by atoms with Crippen LogP contribution in [0.4, 0.5) is 4.39 Å². The van der Waals surface area contributed by atoms with Gasteiger partial charge in [-0.05, 0) is 72.3 Å². The van der Waals surface area contributed by atoms with Crippen molar-refractivity contribution in [3.8, 4) is 22.7 Å². The van der Waals surface area contributed by atoms with E-state index in [1.807, 2.05) is 47.9 Å². The molecule has 0 aliphatic rings. The van der Waals surface area contributed by atoms with E-state index in [1.165, 1.54) is 6.07 Å². The number of ether oxygens (including phenoxy) is 1. The molecule has 5 aromatic rings. The average Bonchev–Trinajstić information content (AvgIpc) is 3.24. The zero-order chi connectivity index (χ0) is 25.4. The minimum absolute atomic E-state index is 0.0343. The summed E-state index contributed by atoms with van der Waals surface area (Å²) in [6.45, 7) is 1.98. The third-order valence-corrected chi connectivity index (χ3v) is 6.76. The number of hydrogen-bond donors (Lipinski definition) is 1. The van der Waals surface area contributed by atoms with Crippen LogP contribution in [0.15, 0.2) is 89.4 Å². The van der Waals surface area contributed by atoms with Crippen LogP contribution in [-0.2, 0) is 6.61 Å². The van der Waals surface area contributed by atoms with Gasteiger partial charge in [0.2, 0.25) is 0 Å². The Morgan fingerprint density at radius 3 is 2.61 bits per heavy atom. The van der Waals surface area contributed by atoms with E-state index in [9.17, 15) is 14.3 Å². The van der Waals surface area contributed by atoms with E-state index in [4.69, 9.17) is 16.3 Å². The number of halogens is 3. The van der Waals surface area contributed by atoms with Crippen molar-refractivity contribution in [2.24, 2.45) is 0 Å². The van der Waals surface area contributed by atoms with E-state index in [-0.39, 0.29) is 18.0 Å². The minimum atomic E-state index is -0.997. The molecule has 0 amide bonds. The van der Waals surface area contributed by atoms with E-state index in [2.05, 4.69) is 15.9 Å². The second-order valence-corrected chi connectivity index (χ2v) is 9.73. The van der Waals surface area contributed by atoms with E-state index in [0.29, 0.717) is 37.4 Å². The highest BCUT2D eigenvalue weighted by molar-refractivity contribution is 9.10. The van der Waals surface area contributed by atoms with Gasteiger partial charge in [0.25, 0.3) is 0 Å². The van der Waals surface area contributed by atoms with Gasteiger partial charge in [-0.25, -0.2) is 9.18 Å². The van der Waals surface area contributed by atoms with Crippen molar-refractivity contribution in [2.75, 3.05) is 0 Å². The van der Waals surface area contributed by atoms with Gasteiger partial charge in [0.15, 0.2) is 0 Å². The molecule has 1 N–H and O–H groups in total. The van der Waals surface area contributed by atoms with Gasteiger partial charge < -0.3 is 14.4 Å². The lowest BCUT2D eigenvalue weighted by atomic mass is 10.0. The molecule has 4 aromatic carbocycles. The highest BCUT2D eigenvalue weighted by Gasteiger charge is 2.18. The number of hydrogen-bond acceptors (Lipinski definition) is 2. The number of carboxylic acids is 1. The van der Waals surface area contributed by atoms with Crippen LogP contribution in [-0.4, -0.2) is 15.6 Å². The molecule has 0 bridgehead atoms. The Bertz CT molecular complexity index is 1630. The fraction of sp³-hybridized carbons (Fsp3) is 0.0690. The Hall–Kier alpha value is -3.61. The van der Waals surface area contributed by atoms with E-state index in [1.54, 1.807) is 42.5 Å². The number of carbonyl (C=O) groups is 1. The first-order valence-corrected chi connectivity index (χ1v) is 12.3. The van der Waals surface area contributed by atoms with Crippen LogP contribution >= 0.6 is 27.5 Å². The van der Waals surface area contributed by atoms with Gasteiger partial charge in [-0.2, -0.15) is 0 Å². The summed E-state index contributed by atoms with van der Waals surface area (Å²) in [4.78, 5) is 12.1. The monoisotopic (exact) mass is 563 g/mol. The van der Waals surface area contributed by atoms with Crippen LogP contribution in [0.5, 0.6) is 5.75 Å². The molecule has 0 spiro atoms. The molecular formula is C29H20BrClFNO3. The summed E-state index contributed by atoms with van der Waals surface area (Å²) < 4.78 is 23.1. The minimum Gasteiger partial charge on any atom is -0.488 e. The summed E-state index contributed by atoms with van der Waals surface area (Å²) in [6.07, 6.45) is 0. The van der Waals surface area contributed by atoms with Gasteiger partial charge in [0.1, 0.15) is 18.2 Å². The SMILES string of the molecule is Cc1ccc(-c2cc(Cl)ccc2OCc2ccc(Br)cc2F)n1-c1cc(C(=O)O)c2ccccc2c1. The van der Waals surface area contributed by atoms with Gasteiger partial charge in [0, 0.05) is 32.0 Å². The largest absolute Gasteiger partial charge is 0.488 e. The molecule has 0 atom stereocenters. The molecule has 0 unspecified atom stereocenters. The molecule has 4 nitrogen and oxygen atoms in total. The van der Waals surface area contributed by atoms with Crippen LogP contribution < -0.4 is 4.74 Å². The zero-order valence-electron chi connectivity index (χ0n) is 19.1. The molecule has 5 rings (SSSR count). The number of aromatic nitrogens is 1. The first kappa shape index (κ1) is 24.1. The topological polar surface area (TPSA) is 51.5 Å². The number of carboxylic acid groups (broad SMARTS) is 1. The first-order valence-electron chi connectivity index (χ1n) is 11.1. The lowest BCUT2D eigenvalue weighted by molar-refractivity contribution is 0.0699. The van der Waals surface area contributed by atoms with Gasteiger partial charge in [-0.1, -0.05) is 57.9 Å². The molecule has 0 radical (unpaired) electrons. The van der Waals surface area contributed by atoms with Gasteiger partial charge in [-0.3, -0.25) is 0 Å². The summed E-state index contributed by atoms with van der Waals surface area (Å²) in [6, 6.07) is 25.0. The summed E-state index contributed by atoms with van der Waals surface area (Å²) >= 11 is 9.64. The standard InChI is InChI=1S/C29H20BrClFNO3/c1-17-6-10-27(33(17)22-12-18-4-2-3-5-23(18)24(15-22)29(34)35)25-14-21(31)9-11-28(25)36-16-19-7-8-20(30)13-26(19)32/h2-15H,16H2,1H3,(H,34,35). The fourth-order valence-electron chi connectivity index (χ4n) is 4.31. The highest BCUT2D eigenvalue weighted by Crippen LogP contribution is 2.37. The normalized spacial score (nSPS) is 11.1. The first-order chi connectivity index (χ1) is 17.3. The molecule has 1 aromatic heterocycles. The Kier molecular flexibility index (Phi) is 6.56. The van der Waals surface area contributed by atoms with E-state index in [0.717, 1.165) is 16.8 Å². The van der Waals surface area contributed by atoms with Crippen molar-refractivity contribution < 1.29 is 19.0 Å². The Morgan fingerprint density at radius 2 is 1.83 bits per heavy atom. The Morgan fingerprint density at radius 1 is 1.03 bits per heavy atom. The van der Waals surface area contributed by atoms with Crippen LogP contribution in [0, 0.1) is 12.7 Å². The van der Waals surface area contributed by atoms with Crippen molar-refractivity contribution in [1.29, 1.82) is 0 Å². The third kappa shape index (κ3) is 4.62. The van der Waals surface area contributed by atoms with Crippen molar-refractivity contribution in [1.82, 2.24) is 4.57 Å². The second-order valence-electron chi connectivity index (χ2n) is 8.38. The maximum atomic E-state index is 14.4. The maximum Gasteiger partial charge on any atom is 0.336 e. The molecule has 7 heteroatoms. The Balaban J connectivity index is 1.62. The zero-order valence-corrected chi connectivity index (χ0v) is 21.5.